The van der Waals surface area contributed by atoms with E-state index in [0.29, 0.717) is 43.7 Å². The molecule has 1 fully saturated rings. The van der Waals surface area contributed by atoms with Crippen molar-refractivity contribution in [2.75, 3.05) is 44.4 Å². The van der Waals surface area contributed by atoms with Crippen molar-refractivity contribution in [1.82, 2.24) is 14.1 Å². The average molecular weight is 697 g/mol. The Morgan fingerprint density at radius 2 is 1.78 bits per heavy atom. The van der Waals surface area contributed by atoms with Gasteiger partial charge in [-0.05, 0) is 58.6 Å². The van der Waals surface area contributed by atoms with Crippen LogP contribution in [0.3, 0.4) is 0 Å². The minimum Gasteiger partial charge on any atom is -0.474 e. The van der Waals surface area contributed by atoms with Crippen LogP contribution in [0.5, 0.6) is 5.88 Å². The van der Waals surface area contributed by atoms with Gasteiger partial charge in [-0.3, -0.25) is 4.79 Å². The Kier molecular flexibility index (Phi) is 13.2. The maximum atomic E-state index is 13.9. The quantitative estimate of drug-likeness (QED) is 0.168. The van der Waals surface area contributed by atoms with Crippen LogP contribution in [0, 0.1) is 10.8 Å². The van der Waals surface area contributed by atoms with E-state index in [1.54, 1.807) is 0 Å². The van der Waals surface area contributed by atoms with E-state index in [1.165, 1.54) is 11.7 Å². The van der Waals surface area contributed by atoms with Gasteiger partial charge in [0, 0.05) is 36.6 Å². The molecule has 1 saturated heterocycles. The molecule has 0 spiro atoms. The highest BCUT2D eigenvalue weighted by molar-refractivity contribution is 6.99. The van der Waals surface area contributed by atoms with Crippen LogP contribution in [0.1, 0.15) is 83.8 Å². The van der Waals surface area contributed by atoms with Crippen LogP contribution in [0.2, 0.25) is 30.7 Å². The first-order chi connectivity index (χ1) is 20.8. The topological polar surface area (TPSA) is 85.8 Å². The van der Waals surface area contributed by atoms with Crippen molar-refractivity contribution in [3.63, 3.8) is 0 Å². The molecule has 12 heteroatoms. The summed E-state index contributed by atoms with van der Waals surface area (Å²) in [6.45, 7) is 28.4. The first-order valence-electron chi connectivity index (χ1n) is 16.1. The normalized spacial score (nSPS) is 16.9. The van der Waals surface area contributed by atoms with Crippen molar-refractivity contribution >= 4 is 52.4 Å². The van der Waals surface area contributed by atoms with Gasteiger partial charge in [-0.2, -0.15) is 4.37 Å². The first-order valence-corrected chi connectivity index (χ1v) is 22.2. The van der Waals surface area contributed by atoms with Crippen LogP contribution in [-0.2, 0) is 20.1 Å². The van der Waals surface area contributed by atoms with E-state index in [9.17, 15) is 4.79 Å². The second-order valence-corrected chi connectivity index (χ2v) is 23.2. The highest BCUT2D eigenvalue weighted by atomic mass is 35.5. The summed E-state index contributed by atoms with van der Waals surface area (Å²) >= 11 is 7.33. The fourth-order valence-electron chi connectivity index (χ4n) is 6.17. The lowest BCUT2D eigenvalue weighted by Gasteiger charge is -2.42. The fraction of sp³-hybridized carbons (Fsp3) is 0.727. The third-order valence-electron chi connectivity index (χ3n) is 7.91. The molecule has 2 atom stereocenters. The molecule has 1 aromatic heterocycles. The fourth-order valence-corrected chi connectivity index (χ4v) is 16.1. The van der Waals surface area contributed by atoms with Crippen LogP contribution >= 0.6 is 23.3 Å². The molecule has 1 radical (unpaired) electrons. The molecule has 1 aliphatic heterocycles. The van der Waals surface area contributed by atoms with Crippen molar-refractivity contribution in [2.45, 2.75) is 104 Å². The zero-order valence-corrected chi connectivity index (χ0v) is 33.0. The van der Waals surface area contributed by atoms with Crippen molar-refractivity contribution in [1.29, 1.82) is 0 Å². The predicted octanol–water partition coefficient (Wildman–Crippen LogP) is 7.90. The van der Waals surface area contributed by atoms with E-state index >= 15 is 0 Å². The third kappa shape index (κ3) is 11.6. The van der Waals surface area contributed by atoms with Gasteiger partial charge in [0.25, 0.3) is 11.8 Å². The minimum atomic E-state index is -2.49. The number of hydrogen-bond donors (Lipinski definition) is 1. The zero-order chi connectivity index (χ0) is 33.6. The van der Waals surface area contributed by atoms with Gasteiger partial charge in [0.1, 0.15) is 0 Å². The van der Waals surface area contributed by atoms with Crippen molar-refractivity contribution in [3.05, 3.63) is 34.9 Å². The molecule has 1 aromatic carbocycles. The summed E-state index contributed by atoms with van der Waals surface area (Å²) in [5.74, 6) is 1.65. The Bertz CT molecular complexity index is 1250. The van der Waals surface area contributed by atoms with Gasteiger partial charge >= 0.3 is 0 Å². The molecular formula is C33H56ClN4O4SSi2. The van der Waals surface area contributed by atoms with Crippen molar-refractivity contribution < 1.29 is 18.4 Å². The Hall–Kier alpha value is -1.51. The summed E-state index contributed by atoms with van der Waals surface area (Å²) in [7, 11) is -3.60. The maximum absolute atomic E-state index is 13.9. The number of amides is 1. The Balaban J connectivity index is 1.94. The Labute approximate surface area is 284 Å². The van der Waals surface area contributed by atoms with Crippen LogP contribution < -0.4 is 15.0 Å². The number of anilines is 1. The number of hydrogen-bond acceptors (Lipinski definition) is 8. The number of morpholine rings is 1. The molecular weight excluding hydrogens is 640 g/mol. The molecule has 1 N–H and O–H groups in total. The molecule has 0 bridgehead atoms. The summed E-state index contributed by atoms with van der Waals surface area (Å²) in [5, 5.41) is 3.32. The van der Waals surface area contributed by atoms with Crippen LogP contribution in [0.4, 0.5) is 5.82 Å². The van der Waals surface area contributed by atoms with E-state index in [0.717, 1.165) is 42.1 Å². The predicted molar refractivity (Wildman–Crippen MR) is 192 cm³/mol. The molecule has 2 aromatic rings. The van der Waals surface area contributed by atoms with Gasteiger partial charge in [-0.25, -0.2) is 0 Å². The standard InChI is InChI=1S/C33H56ClN4O4SSi2/c1-31(2,3)22-44(10)42-45(11,23-32(4,5)6)25(21-41-30-28(36-43-37-30)38-14-16-40-17-15-38)20-35-29(39)26-13-12-24(19-34)18-27(26)33(7,8)9/h12-13,18,25H,14-17,19-23H2,1-11H3,(H,35,39)/t25-,45?/m0/s1. The first kappa shape index (κ1) is 37.9. The van der Waals surface area contributed by atoms with Gasteiger partial charge in [-0.15, -0.1) is 16.0 Å². The summed E-state index contributed by atoms with van der Waals surface area (Å²) in [6, 6.07) is 7.90. The zero-order valence-electron chi connectivity index (χ0n) is 29.4. The Morgan fingerprint density at radius 1 is 1.11 bits per heavy atom. The number of halogens is 1. The SMILES string of the molecule is C[Si](CC(C)(C)C)O[Si](C)(CC(C)(C)C)[C@@H](CNC(=O)c1ccc(CCl)cc1C(C)(C)C)COc1nsnc1N1CCOCC1. The molecule has 3 rings (SSSR count). The van der Waals surface area contributed by atoms with Crippen molar-refractivity contribution in [3.8, 4) is 5.88 Å². The molecule has 45 heavy (non-hydrogen) atoms. The number of carbonyl (C=O) groups is 1. The molecule has 253 valence electrons. The number of rotatable bonds is 13. The van der Waals surface area contributed by atoms with Crippen LogP contribution in [-0.4, -0.2) is 71.5 Å². The number of carbonyl (C=O) groups excluding carboxylic acids is 1. The lowest BCUT2D eigenvalue weighted by atomic mass is 9.82. The number of nitrogens with zero attached hydrogens (tertiary/aromatic N) is 3. The van der Waals surface area contributed by atoms with Crippen molar-refractivity contribution in [2.24, 2.45) is 10.8 Å². The van der Waals surface area contributed by atoms with Crippen LogP contribution in [0.25, 0.3) is 0 Å². The highest BCUT2D eigenvalue weighted by Gasteiger charge is 2.44. The highest BCUT2D eigenvalue weighted by Crippen LogP contribution is 2.39. The summed E-state index contributed by atoms with van der Waals surface area (Å²) < 4.78 is 28.4. The molecule has 8 nitrogen and oxygen atoms in total. The van der Waals surface area contributed by atoms with Gasteiger partial charge in [-0.1, -0.05) is 74.4 Å². The van der Waals surface area contributed by atoms with Crippen LogP contribution in [0.15, 0.2) is 18.2 Å². The van der Waals surface area contributed by atoms with E-state index in [2.05, 4.69) is 100 Å². The lowest BCUT2D eigenvalue weighted by Crippen LogP contribution is -2.52. The number of nitrogens with one attached hydrogen (secondary N) is 1. The van der Waals surface area contributed by atoms with E-state index in [4.69, 9.17) is 25.2 Å². The van der Waals surface area contributed by atoms with Gasteiger partial charge in [0.05, 0.1) is 31.5 Å². The van der Waals surface area contributed by atoms with E-state index in [-0.39, 0.29) is 27.7 Å². The number of ether oxygens (including phenoxy) is 2. The van der Waals surface area contributed by atoms with E-state index < -0.39 is 17.4 Å². The maximum Gasteiger partial charge on any atom is 0.270 e. The minimum absolute atomic E-state index is 0.0139. The number of aromatic nitrogens is 2. The molecule has 0 aliphatic carbocycles. The number of benzene rings is 1. The molecule has 0 saturated carbocycles. The Morgan fingerprint density at radius 3 is 2.36 bits per heavy atom. The molecule has 1 amide bonds. The van der Waals surface area contributed by atoms with E-state index in [1.807, 2.05) is 12.1 Å². The summed E-state index contributed by atoms with van der Waals surface area (Å²) in [6.07, 6.45) is 0. The van der Waals surface area contributed by atoms with Gasteiger partial charge < -0.3 is 23.8 Å². The summed E-state index contributed by atoms with van der Waals surface area (Å²) in [5.41, 5.74) is 2.68. The average Bonchev–Trinajstić information content (AvgIpc) is 3.38. The van der Waals surface area contributed by atoms with Gasteiger partial charge in [0.15, 0.2) is 17.4 Å². The summed E-state index contributed by atoms with van der Waals surface area (Å²) in [4.78, 5) is 16.1. The molecule has 1 unspecified atom stereocenters. The molecule has 2 heterocycles. The lowest BCUT2D eigenvalue weighted by molar-refractivity contribution is 0.0948. The number of alkyl halides is 1. The second-order valence-electron chi connectivity index (χ2n) is 16.1. The molecule has 1 aliphatic rings. The smallest absolute Gasteiger partial charge is 0.270 e. The third-order valence-corrected chi connectivity index (χ3v) is 17.4. The van der Waals surface area contributed by atoms with Gasteiger partial charge in [0.2, 0.25) is 5.82 Å². The largest absolute Gasteiger partial charge is 0.474 e. The monoisotopic (exact) mass is 695 g/mol. The second kappa shape index (κ2) is 15.6.